The molecule has 0 aromatic heterocycles. The van der Waals surface area contributed by atoms with Crippen LogP contribution in [0.25, 0.3) is 0 Å². The van der Waals surface area contributed by atoms with Gasteiger partial charge in [0.1, 0.15) is 0 Å². The Hall–Kier alpha value is -1.64. The van der Waals surface area contributed by atoms with E-state index >= 15 is 0 Å². The van der Waals surface area contributed by atoms with Gasteiger partial charge in [0.15, 0.2) is 0 Å². The maximum atomic E-state index is 12.2. The van der Waals surface area contributed by atoms with E-state index in [1.165, 1.54) is 4.90 Å². The molecule has 0 fully saturated rings. The molecule has 1 atom stereocenters. The van der Waals surface area contributed by atoms with Crippen molar-refractivity contribution in [2.45, 2.75) is 39.5 Å². The summed E-state index contributed by atoms with van der Waals surface area (Å²) < 4.78 is 0. The van der Waals surface area contributed by atoms with Crippen molar-refractivity contribution in [3.05, 3.63) is 35.4 Å². The number of rotatable bonds is 6. The molecule has 1 aliphatic rings. The molecule has 19 heavy (non-hydrogen) atoms. The Kier molecular flexibility index (Phi) is 4.35. The van der Waals surface area contributed by atoms with E-state index in [1.807, 2.05) is 12.1 Å². The van der Waals surface area contributed by atoms with Gasteiger partial charge < -0.3 is 0 Å². The van der Waals surface area contributed by atoms with Gasteiger partial charge in [0, 0.05) is 6.54 Å². The Morgan fingerprint density at radius 1 is 1.05 bits per heavy atom. The molecule has 0 bridgehead atoms. The average molecular weight is 259 g/mol. The third kappa shape index (κ3) is 2.70. The normalized spacial score (nSPS) is 15.8. The highest BCUT2D eigenvalue weighted by molar-refractivity contribution is 6.21. The van der Waals surface area contributed by atoms with Crippen molar-refractivity contribution >= 4 is 11.8 Å². The Bertz CT molecular complexity index is 446. The van der Waals surface area contributed by atoms with Crippen molar-refractivity contribution < 1.29 is 9.59 Å². The molecule has 1 aliphatic heterocycles. The van der Waals surface area contributed by atoms with Crippen LogP contribution in [0.4, 0.5) is 0 Å². The number of imide groups is 1. The summed E-state index contributed by atoms with van der Waals surface area (Å²) in [4.78, 5) is 25.9. The first-order chi connectivity index (χ1) is 9.19. The molecule has 102 valence electrons. The fourth-order valence-corrected chi connectivity index (χ4v) is 2.58. The maximum absolute atomic E-state index is 12.2. The molecule has 0 N–H and O–H groups in total. The quantitative estimate of drug-likeness (QED) is 0.733. The number of hydrogen-bond donors (Lipinski definition) is 0. The van der Waals surface area contributed by atoms with Gasteiger partial charge in [-0.25, -0.2) is 0 Å². The van der Waals surface area contributed by atoms with E-state index in [0.29, 0.717) is 23.6 Å². The van der Waals surface area contributed by atoms with Gasteiger partial charge in [-0.3, -0.25) is 14.5 Å². The molecular formula is C16H21NO2. The van der Waals surface area contributed by atoms with Crippen molar-refractivity contribution in [2.75, 3.05) is 6.54 Å². The molecule has 0 spiro atoms. The largest absolute Gasteiger partial charge is 0.274 e. The van der Waals surface area contributed by atoms with Gasteiger partial charge in [-0.15, -0.1) is 0 Å². The number of carbonyl (C=O) groups is 2. The van der Waals surface area contributed by atoms with E-state index in [9.17, 15) is 9.59 Å². The van der Waals surface area contributed by atoms with Crippen LogP contribution in [0, 0.1) is 5.92 Å². The van der Waals surface area contributed by atoms with Gasteiger partial charge >= 0.3 is 0 Å². The van der Waals surface area contributed by atoms with Gasteiger partial charge in [-0.05, 0) is 24.5 Å². The third-order valence-corrected chi connectivity index (χ3v) is 3.86. The number of benzene rings is 1. The molecule has 2 amide bonds. The number of amides is 2. The zero-order valence-electron chi connectivity index (χ0n) is 11.7. The van der Waals surface area contributed by atoms with Crippen molar-refractivity contribution in [2.24, 2.45) is 5.92 Å². The second-order valence-electron chi connectivity index (χ2n) is 5.18. The lowest BCUT2D eigenvalue weighted by Gasteiger charge is -2.21. The summed E-state index contributed by atoms with van der Waals surface area (Å²) in [6.07, 6.45) is 4.40. The third-order valence-electron chi connectivity index (χ3n) is 3.86. The zero-order valence-corrected chi connectivity index (χ0v) is 11.7. The summed E-state index contributed by atoms with van der Waals surface area (Å²) in [5.41, 5.74) is 1.11. The number of carbonyl (C=O) groups excluding carboxylic acids is 2. The molecule has 0 saturated carbocycles. The van der Waals surface area contributed by atoms with E-state index in [0.717, 1.165) is 25.7 Å². The number of unbranched alkanes of at least 4 members (excludes halogenated alkanes) is 1. The van der Waals surface area contributed by atoms with Gasteiger partial charge in [0.05, 0.1) is 11.1 Å². The van der Waals surface area contributed by atoms with Crippen LogP contribution in [0.1, 0.15) is 60.2 Å². The van der Waals surface area contributed by atoms with E-state index in [1.54, 1.807) is 12.1 Å². The van der Waals surface area contributed by atoms with E-state index in [-0.39, 0.29) is 11.8 Å². The Labute approximate surface area is 114 Å². The van der Waals surface area contributed by atoms with Gasteiger partial charge in [-0.1, -0.05) is 45.2 Å². The Morgan fingerprint density at radius 2 is 1.63 bits per heavy atom. The van der Waals surface area contributed by atoms with Crippen LogP contribution in [0.5, 0.6) is 0 Å². The molecule has 3 heteroatoms. The van der Waals surface area contributed by atoms with Crippen LogP contribution in [0.2, 0.25) is 0 Å². The molecule has 0 saturated heterocycles. The molecular weight excluding hydrogens is 238 g/mol. The summed E-state index contributed by atoms with van der Waals surface area (Å²) in [5, 5.41) is 0. The predicted octanol–water partition coefficient (Wildman–Crippen LogP) is 3.50. The molecule has 2 rings (SSSR count). The highest BCUT2D eigenvalue weighted by atomic mass is 16.2. The lowest BCUT2D eigenvalue weighted by Crippen LogP contribution is -2.34. The van der Waals surface area contributed by atoms with E-state index in [4.69, 9.17) is 0 Å². The topological polar surface area (TPSA) is 37.4 Å². The number of nitrogens with zero attached hydrogens (tertiary/aromatic N) is 1. The molecule has 1 aromatic carbocycles. The van der Waals surface area contributed by atoms with Gasteiger partial charge in [0.2, 0.25) is 0 Å². The van der Waals surface area contributed by atoms with Crippen molar-refractivity contribution in [1.82, 2.24) is 4.90 Å². The fourth-order valence-electron chi connectivity index (χ4n) is 2.58. The van der Waals surface area contributed by atoms with E-state index < -0.39 is 0 Å². The maximum Gasteiger partial charge on any atom is 0.261 e. The summed E-state index contributed by atoms with van der Waals surface area (Å²) in [7, 11) is 0. The minimum atomic E-state index is -0.129. The molecule has 1 aromatic rings. The Morgan fingerprint density at radius 3 is 2.11 bits per heavy atom. The summed E-state index contributed by atoms with van der Waals surface area (Å²) in [6, 6.07) is 7.09. The first-order valence-electron chi connectivity index (χ1n) is 7.14. The first-order valence-corrected chi connectivity index (χ1v) is 7.14. The lowest BCUT2D eigenvalue weighted by molar-refractivity contribution is 0.0624. The summed E-state index contributed by atoms with van der Waals surface area (Å²) in [6.45, 7) is 4.84. The van der Waals surface area contributed by atoms with Gasteiger partial charge in [0.25, 0.3) is 11.8 Å². The molecule has 3 nitrogen and oxygen atoms in total. The SMILES string of the molecule is CCCC[C@H](CC)CN1C(=O)c2ccccc2C1=O. The molecule has 1 heterocycles. The number of fused-ring (bicyclic) bond motifs is 1. The van der Waals surface area contributed by atoms with Crippen molar-refractivity contribution in [1.29, 1.82) is 0 Å². The van der Waals surface area contributed by atoms with Gasteiger partial charge in [-0.2, -0.15) is 0 Å². The second-order valence-corrected chi connectivity index (χ2v) is 5.18. The fraction of sp³-hybridized carbons (Fsp3) is 0.500. The Balaban J connectivity index is 2.11. The molecule has 0 unspecified atom stereocenters. The minimum Gasteiger partial charge on any atom is -0.274 e. The van der Waals surface area contributed by atoms with Crippen molar-refractivity contribution in [3.63, 3.8) is 0 Å². The highest BCUT2D eigenvalue weighted by Gasteiger charge is 2.35. The highest BCUT2D eigenvalue weighted by Crippen LogP contribution is 2.25. The van der Waals surface area contributed by atoms with Crippen LogP contribution in [-0.4, -0.2) is 23.3 Å². The minimum absolute atomic E-state index is 0.129. The number of hydrogen-bond acceptors (Lipinski definition) is 2. The molecule has 0 aliphatic carbocycles. The molecule has 0 radical (unpaired) electrons. The van der Waals surface area contributed by atoms with Crippen LogP contribution in [-0.2, 0) is 0 Å². The smallest absolute Gasteiger partial charge is 0.261 e. The average Bonchev–Trinajstić information content (AvgIpc) is 2.68. The standard InChI is InChI=1S/C16H21NO2/c1-3-5-8-12(4-2)11-17-15(18)13-9-6-7-10-14(13)16(17)19/h6-7,9-10,12H,3-5,8,11H2,1-2H3/t12-/m0/s1. The first kappa shape index (κ1) is 13.8. The van der Waals surface area contributed by atoms with Crippen molar-refractivity contribution in [3.8, 4) is 0 Å². The summed E-state index contributed by atoms with van der Waals surface area (Å²) >= 11 is 0. The van der Waals surface area contributed by atoms with Crippen LogP contribution >= 0.6 is 0 Å². The van der Waals surface area contributed by atoms with Crippen LogP contribution in [0.3, 0.4) is 0 Å². The monoisotopic (exact) mass is 259 g/mol. The zero-order chi connectivity index (χ0) is 13.8. The lowest BCUT2D eigenvalue weighted by atomic mass is 9.99. The predicted molar refractivity (Wildman–Crippen MR) is 75.1 cm³/mol. The second kappa shape index (κ2) is 6.00. The van der Waals surface area contributed by atoms with Crippen LogP contribution in [0.15, 0.2) is 24.3 Å². The van der Waals surface area contributed by atoms with E-state index in [2.05, 4.69) is 13.8 Å². The van der Waals surface area contributed by atoms with Crippen LogP contribution < -0.4 is 0 Å². The summed E-state index contributed by atoms with van der Waals surface area (Å²) in [5.74, 6) is 0.160.